The minimum atomic E-state index is -0.684. The summed E-state index contributed by atoms with van der Waals surface area (Å²) >= 11 is 0. The third kappa shape index (κ3) is 4.76. The lowest BCUT2D eigenvalue weighted by Gasteiger charge is -2.26. The number of aliphatic imine (C=N–C) groups is 1. The number of carbonyl (C=O) groups excluding carboxylic acids is 3. The molecule has 2 N–H and O–H groups in total. The van der Waals surface area contributed by atoms with Crippen LogP contribution in [0.1, 0.15) is 10.4 Å². The lowest BCUT2D eigenvalue weighted by Crippen LogP contribution is -2.50. The summed E-state index contributed by atoms with van der Waals surface area (Å²) in [5.41, 5.74) is 5.19. The molecular weight excluding hydrogens is 354 g/mol. The number of ether oxygens (including phenoxy) is 1. The second kappa shape index (κ2) is 8.54. The molecule has 2 fully saturated rings. The van der Waals surface area contributed by atoms with Crippen LogP contribution in [0.3, 0.4) is 0 Å². The van der Waals surface area contributed by atoms with E-state index in [9.17, 15) is 14.4 Å². The standard InChI is InChI=1S/C17H19N5O5/c1-21-14(17(25)27-20-21)11-13(16(24)19-22-7-9-26-10-8-22)18-15(23)12-5-3-2-4-6-12/h2-6,11,20H,7-10H2,1H3,(H,19,24)/b14-11-,18-13?. The van der Waals surface area contributed by atoms with Crippen LogP contribution in [0.5, 0.6) is 0 Å². The summed E-state index contributed by atoms with van der Waals surface area (Å²) < 4.78 is 5.23. The highest BCUT2D eigenvalue weighted by atomic mass is 16.7. The zero-order valence-corrected chi connectivity index (χ0v) is 14.7. The number of nitrogens with one attached hydrogen (secondary N) is 2. The van der Waals surface area contributed by atoms with Crippen LogP contribution in [0.4, 0.5) is 0 Å². The van der Waals surface area contributed by atoms with Gasteiger partial charge in [0.25, 0.3) is 11.8 Å². The highest BCUT2D eigenvalue weighted by Crippen LogP contribution is 2.10. The zero-order valence-electron chi connectivity index (χ0n) is 14.7. The highest BCUT2D eigenvalue weighted by molar-refractivity contribution is 6.45. The average Bonchev–Trinajstić information content (AvgIpc) is 3.00. The Morgan fingerprint density at radius 2 is 1.93 bits per heavy atom. The van der Waals surface area contributed by atoms with E-state index in [1.165, 1.54) is 18.1 Å². The maximum Gasteiger partial charge on any atom is 0.376 e. The molecule has 10 heteroatoms. The number of amides is 2. The summed E-state index contributed by atoms with van der Waals surface area (Å²) in [6.45, 7) is 1.98. The Kier molecular flexibility index (Phi) is 5.91. The van der Waals surface area contributed by atoms with Crippen LogP contribution < -0.4 is 11.0 Å². The summed E-state index contributed by atoms with van der Waals surface area (Å²) in [5, 5.41) is 2.95. The number of carbonyl (C=O) groups is 3. The molecule has 0 saturated carbocycles. The van der Waals surface area contributed by atoms with Gasteiger partial charge >= 0.3 is 5.97 Å². The predicted molar refractivity (Wildman–Crippen MR) is 93.8 cm³/mol. The fourth-order valence-corrected chi connectivity index (χ4v) is 2.41. The number of hydrazine groups is 2. The van der Waals surface area contributed by atoms with E-state index >= 15 is 0 Å². The smallest absolute Gasteiger partial charge is 0.376 e. The van der Waals surface area contributed by atoms with Crippen molar-refractivity contribution in [2.75, 3.05) is 33.4 Å². The van der Waals surface area contributed by atoms with E-state index in [0.717, 1.165) is 0 Å². The van der Waals surface area contributed by atoms with Crippen molar-refractivity contribution in [3.8, 4) is 0 Å². The molecule has 2 saturated heterocycles. The van der Waals surface area contributed by atoms with Crippen molar-refractivity contribution in [1.29, 1.82) is 0 Å². The van der Waals surface area contributed by atoms with Gasteiger partial charge < -0.3 is 9.57 Å². The van der Waals surface area contributed by atoms with Crippen molar-refractivity contribution < 1.29 is 24.0 Å². The van der Waals surface area contributed by atoms with Crippen LogP contribution in [0.2, 0.25) is 0 Å². The largest absolute Gasteiger partial charge is 0.379 e. The molecule has 27 heavy (non-hydrogen) atoms. The fourth-order valence-electron chi connectivity index (χ4n) is 2.41. The Bertz CT molecular complexity index is 786. The molecule has 3 rings (SSSR count). The van der Waals surface area contributed by atoms with Gasteiger partial charge in [-0.15, -0.1) is 0 Å². The minimum Gasteiger partial charge on any atom is -0.379 e. The van der Waals surface area contributed by atoms with Crippen LogP contribution >= 0.6 is 0 Å². The van der Waals surface area contributed by atoms with Gasteiger partial charge in [-0.05, 0) is 12.1 Å². The topological polar surface area (TPSA) is 113 Å². The second-order valence-corrected chi connectivity index (χ2v) is 5.78. The molecule has 1 aromatic rings. The van der Waals surface area contributed by atoms with E-state index in [1.54, 1.807) is 35.3 Å². The number of benzene rings is 1. The van der Waals surface area contributed by atoms with Gasteiger partial charge in [-0.25, -0.2) is 14.8 Å². The number of hydrogen-bond donors (Lipinski definition) is 2. The predicted octanol–water partition coefficient (Wildman–Crippen LogP) is -0.577. The summed E-state index contributed by atoms with van der Waals surface area (Å²) in [7, 11) is 1.53. The van der Waals surface area contributed by atoms with Crippen molar-refractivity contribution >= 4 is 23.5 Å². The van der Waals surface area contributed by atoms with Crippen molar-refractivity contribution in [2.24, 2.45) is 4.99 Å². The number of morpholine rings is 1. The van der Waals surface area contributed by atoms with Crippen LogP contribution in [-0.2, 0) is 19.2 Å². The lowest BCUT2D eigenvalue weighted by molar-refractivity contribution is -0.142. The van der Waals surface area contributed by atoms with E-state index in [4.69, 9.17) is 4.74 Å². The molecule has 10 nitrogen and oxygen atoms in total. The molecule has 0 unspecified atom stereocenters. The molecule has 142 valence electrons. The summed E-state index contributed by atoms with van der Waals surface area (Å²) in [5.74, 6) is -1.89. The maximum atomic E-state index is 12.7. The lowest BCUT2D eigenvalue weighted by atomic mass is 10.2. The Labute approximate surface area is 155 Å². The van der Waals surface area contributed by atoms with Gasteiger partial charge in [0.1, 0.15) is 11.4 Å². The number of rotatable bonds is 4. The Morgan fingerprint density at radius 3 is 2.56 bits per heavy atom. The van der Waals surface area contributed by atoms with Crippen molar-refractivity contribution in [3.05, 3.63) is 47.7 Å². The van der Waals surface area contributed by atoms with Gasteiger partial charge in [-0.1, -0.05) is 23.8 Å². The van der Waals surface area contributed by atoms with Crippen LogP contribution in [0.25, 0.3) is 0 Å². The van der Waals surface area contributed by atoms with Gasteiger partial charge in [0, 0.05) is 31.8 Å². The summed E-state index contributed by atoms with van der Waals surface area (Å²) in [4.78, 5) is 45.5. The second-order valence-electron chi connectivity index (χ2n) is 5.78. The molecule has 2 heterocycles. The third-order valence-electron chi connectivity index (χ3n) is 3.87. The highest BCUT2D eigenvalue weighted by Gasteiger charge is 2.27. The fraction of sp³-hybridized carbons (Fsp3) is 0.294. The van der Waals surface area contributed by atoms with Gasteiger partial charge in [0.2, 0.25) is 0 Å². The monoisotopic (exact) mass is 373 g/mol. The van der Waals surface area contributed by atoms with E-state index in [2.05, 4.69) is 20.8 Å². The Balaban J connectivity index is 1.87. The molecule has 0 radical (unpaired) electrons. The Hall–Kier alpha value is -3.08. The quantitative estimate of drug-likeness (QED) is 0.533. The molecule has 0 bridgehead atoms. The third-order valence-corrected chi connectivity index (χ3v) is 3.87. The van der Waals surface area contributed by atoms with E-state index in [-0.39, 0.29) is 11.4 Å². The molecule has 0 atom stereocenters. The molecule has 1 aromatic carbocycles. The van der Waals surface area contributed by atoms with Crippen molar-refractivity contribution in [2.45, 2.75) is 0 Å². The number of nitrogens with zero attached hydrogens (tertiary/aromatic N) is 3. The maximum absolute atomic E-state index is 12.7. The summed E-state index contributed by atoms with van der Waals surface area (Å²) in [6, 6.07) is 8.34. The van der Waals surface area contributed by atoms with Crippen molar-refractivity contribution in [1.82, 2.24) is 21.0 Å². The first-order valence-corrected chi connectivity index (χ1v) is 8.28. The SMILES string of the molecule is CN1NOC(=O)/C1=C/C(=NC(=O)c1ccccc1)C(=O)NN1CCOCC1. The van der Waals surface area contributed by atoms with Crippen LogP contribution in [-0.4, -0.2) is 66.9 Å². The van der Waals surface area contributed by atoms with Gasteiger partial charge in [0.05, 0.1) is 13.2 Å². The van der Waals surface area contributed by atoms with Gasteiger partial charge in [-0.2, -0.15) is 0 Å². The van der Waals surface area contributed by atoms with Crippen molar-refractivity contribution in [3.63, 3.8) is 0 Å². The first-order chi connectivity index (χ1) is 13.0. The zero-order chi connectivity index (χ0) is 19.2. The van der Waals surface area contributed by atoms with E-state index in [1.807, 2.05) is 0 Å². The minimum absolute atomic E-state index is 0.0479. The van der Waals surface area contributed by atoms with Crippen LogP contribution in [0, 0.1) is 0 Å². The molecule has 0 aliphatic carbocycles. The molecule has 2 amide bonds. The molecule has 0 aromatic heterocycles. The Morgan fingerprint density at radius 1 is 1.22 bits per heavy atom. The van der Waals surface area contributed by atoms with Gasteiger partial charge in [-0.3, -0.25) is 20.0 Å². The molecular formula is C17H19N5O5. The molecule has 0 spiro atoms. The average molecular weight is 373 g/mol. The molecule has 2 aliphatic heterocycles. The number of likely N-dealkylation sites (N-methyl/N-ethyl adjacent to an activating group) is 1. The normalized spacial score (nSPS) is 19.9. The first-order valence-electron chi connectivity index (χ1n) is 8.28. The van der Waals surface area contributed by atoms with Gasteiger partial charge in [0.15, 0.2) is 0 Å². The molecule has 2 aliphatic rings. The number of hydrogen-bond acceptors (Lipinski definition) is 8. The van der Waals surface area contributed by atoms with E-state index < -0.39 is 17.8 Å². The summed E-state index contributed by atoms with van der Waals surface area (Å²) in [6.07, 6.45) is 1.21. The van der Waals surface area contributed by atoms with Crippen LogP contribution in [0.15, 0.2) is 47.1 Å². The van der Waals surface area contributed by atoms with E-state index in [0.29, 0.717) is 31.9 Å². The first kappa shape index (κ1) is 18.7.